The van der Waals surface area contributed by atoms with E-state index in [1.54, 1.807) is 26.1 Å². The van der Waals surface area contributed by atoms with Crippen LogP contribution in [0.4, 0.5) is 0 Å². The van der Waals surface area contributed by atoms with E-state index in [2.05, 4.69) is 17.0 Å². The van der Waals surface area contributed by atoms with Crippen molar-refractivity contribution in [1.82, 2.24) is 15.1 Å². The van der Waals surface area contributed by atoms with Gasteiger partial charge in [-0.25, -0.2) is 4.79 Å². The van der Waals surface area contributed by atoms with Crippen LogP contribution in [0.3, 0.4) is 0 Å². The average molecular weight is 251 g/mol. The minimum absolute atomic E-state index is 0.321. The summed E-state index contributed by atoms with van der Waals surface area (Å²) < 4.78 is 1.43. The maximum absolute atomic E-state index is 11.9. The predicted molar refractivity (Wildman–Crippen MR) is 66.3 cm³/mol. The number of nitrogens with zero attached hydrogens (tertiary/aromatic N) is 2. The number of rotatable bonds is 6. The maximum atomic E-state index is 11.9. The summed E-state index contributed by atoms with van der Waals surface area (Å²) in [5.74, 6) is -1.49. The minimum atomic E-state index is -1.05. The lowest BCUT2D eigenvalue weighted by Crippen LogP contribution is -2.41. The fraction of sp³-hybridized carbons (Fsp3) is 0.417. The Balaban J connectivity index is 2.75. The number of hydrogen-bond donors (Lipinski definition) is 2. The Bertz CT molecular complexity index is 465. The highest BCUT2D eigenvalue weighted by Gasteiger charge is 2.21. The zero-order chi connectivity index (χ0) is 13.7. The summed E-state index contributed by atoms with van der Waals surface area (Å²) in [5.41, 5.74) is 1.05. The first-order chi connectivity index (χ1) is 8.45. The van der Waals surface area contributed by atoms with Gasteiger partial charge in [-0.15, -0.1) is 6.58 Å². The minimum Gasteiger partial charge on any atom is -0.480 e. The molecule has 0 bridgehead atoms. The van der Waals surface area contributed by atoms with Crippen LogP contribution in [0.5, 0.6) is 0 Å². The zero-order valence-corrected chi connectivity index (χ0v) is 10.5. The summed E-state index contributed by atoms with van der Waals surface area (Å²) in [6.07, 6.45) is 2.47. The molecule has 18 heavy (non-hydrogen) atoms. The van der Waals surface area contributed by atoms with Crippen LogP contribution in [0.25, 0.3) is 0 Å². The van der Waals surface area contributed by atoms with E-state index in [-0.39, 0.29) is 0 Å². The Hall–Kier alpha value is -2.11. The van der Waals surface area contributed by atoms with Crippen LogP contribution in [-0.4, -0.2) is 32.8 Å². The van der Waals surface area contributed by atoms with Crippen LogP contribution >= 0.6 is 0 Å². The first-order valence-corrected chi connectivity index (χ1v) is 5.61. The highest BCUT2D eigenvalue weighted by atomic mass is 16.4. The first kappa shape index (κ1) is 14.0. The molecule has 98 valence electrons. The molecule has 0 aromatic carbocycles. The number of nitrogens with one attached hydrogen (secondary N) is 1. The number of carbonyl (C=O) groups is 2. The number of carboxylic acids is 1. The van der Waals surface area contributed by atoms with Gasteiger partial charge in [-0.1, -0.05) is 6.08 Å². The normalized spacial score (nSPS) is 11.9. The van der Waals surface area contributed by atoms with Crippen LogP contribution < -0.4 is 5.32 Å². The van der Waals surface area contributed by atoms with Gasteiger partial charge in [-0.3, -0.25) is 9.48 Å². The van der Waals surface area contributed by atoms with E-state index in [0.29, 0.717) is 24.2 Å². The second-order valence-electron chi connectivity index (χ2n) is 4.02. The standard InChI is InChI=1S/C12H17N3O3/c1-4-5-6-9(12(17)18)13-11(16)10-7-8(2)14-15(10)3/h4,7,9H,1,5-6H2,2-3H3,(H,13,16)(H,17,18). The number of aromatic nitrogens is 2. The molecule has 0 aliphatic heterocycles. The Morgan fingerprint density at radius 3 is 2.78 bits per heavy atom. The number of allylic oxidation sites excluding steroid dienone is 1. The molecule has 6 nitrogen and oxygen atoms in total. The molecule has 0 aliphatic rings. The van der Waals surface area contributed by atoms with Gasteiger partial charge in [0.15, 0.2) is 0 Å². The van der Waals surface area contributed by atoms with Crippen molar-refractivity contribution in [3.05, 3.63) is 30.1 Å². The largest absolute Gasteiger partial charge is 0.480 e. The number of carboxylic acid groups (broad SMARTS) is 1. The van der Waals surface area contributed by atoms with Crippen molar-refractivity contribution in [2.75, 3.05) is 0 Å². The van der Waals surface area contributed by atoms with E-state index in [4.69, 9.17) is 5.11 Å². The number of aryl methyl sites for hydroxylation is 2. The van der Waals surface area contributed by atoms with E-state index < -0.39 is 17.9 Å². The average Bonchev–Trinajstić information content (AvgIpc) is 2.63. The van der Waals surface area contributed by atoms with Crippen LogP contribution in [0.1, 0.15) is 29.0 Å². The Morgan fingerprint density at radius 1 is 1.67 bits per heavy atom. The summed E-state index contributed by atoms with van der Waals surface area (Å²) >= 11 is 0. The van der Waals surface area contributed by atoms with Gasteiger partial charge in [0.1, 0.15) is 11.7 Å². The fourth-order valence-corrected chi connectivity index (χ4v) is 1.60. The number of hydrogen-bond acceptors (Lipinski definition) is 3. The molecule has 1 aromatic rings. The molecule has 6 heteroatoms. The van der Waals surface area contributed by atoms with E-state index in [1.807, 2.05) is 0 Å². The SMILES string of the molecule is C=CCCC(NC(=O)c1cc(C)nn1C)C(=O)O. The number of carbonyl (C=O) groups excluding carboxylic acids is 1. The zero-order valence-electron chi connectivity index (χ0n) is 10.5. The summed E-state index contributed by atoms with van der Waals surface area (Å²) in [4.78, 5) is 22.9. The molecule has 0 radical (unpaired) electrons. The molecule has 1 heterocycles. The van der Waals surface area contributed by atoms with Gasteiger partial charge in [0.2, 0.25) is 0 Å². The van der Waals surface area contributed by atoms with Crippen molar-refractivity contribution in [3.63, 3.8) is 0 Å². The number of amides is 1. The molecule has 2 N–H and O–H groups in total. The summed E-state index contributed by atoms with van der Waals surface area (Å²) in [6.45, 7) is 5.29. The van der Waals surface area contributed by atoms with Gasteiger partial charge >= 0.3 is 5.97 Å². The van der Waals surface area contributed by atoms with Crippen molar-refractivity contribution in [2.24, 2.45) is 7.05 Å². The summed E-state index contributed by atoms with van der Waals surface area (Å²) in [5, 5.41) is 15.5. The van der Waals surface area contributed by atoms with Crippen LogP contribution in [0.15, 0.2) is 18.7 Å². The molecule has 0 aliphatic carbocycles. The molecule has 1 rings (SSSR count). The van der Waals surface area contributed by atoms with Crippen LogP contribution in [0, 0.1) is 6.92 Å². The van der Waals surface area contributed by atoms with Crippen molar-refractivity contribution < 1.29 is 14.7 Å². The molecule has 1 atom stereocenters. The Morgan fingerprint density at radius 2 is 2.33 bits per heavy atom. The quantitative estimate of drug-likeness (QED) is 0.735. The van der Waals surface area contributed by atoms with E-state index >= 15 is 0 Å². The van der Waals surface area contributed by atoms with Gasteiger partial charge < -0.3 is 10.4 Å². The monoisotopic (exact) mass is 251 g/mol. The predicted octanol–water partition coefficient (Wildman–Crippen LogP) is 0.878. The van der Waals surface area contributed by atoms with Gasteiger partial charge in [-0.2, -0.15) is 5.10 Å². The van der Waals surface area contributed by atoms with E-state index in [0.717, 1.165) is 0 Å². The van der Waals surface area contributed by atoms with Crippen molar-refractivity contribution >= 4 is 11.9 Å². The highest BCUT2D eigenvalue weighted by molar-refractivity contribution is 5.95. The maximum Gasteiger partial charge on any atom is 0.326 e. The first-order valence-electron chi connectivity index (χ1n) is 5.61. The van der Waals surface area contributed by atoms with Crippen molar-refractivity contribution in [1.29, 1.82) is 0 Å². The molecule has 1 amide bonds. The molecular weight excluding hydrogens is 234 g/mol. The van der Waals surface area contributed by atoms with Crippen LogP contribution in [0.2, 0.25) is 0 Å². The molecule has 0 saturated heterocycles. The van der Waals surface area contributed by atoms with Gasteiger partial charge in [-0.05, 0) is 25.8 Å². The summed E-state index contributed by atoms with van der Waals surface area (Å²) in [6, 6.07) is 0.701. The van der Waals surface area contributed by atoms with Crippen molar-refractivity contribution in [3.8, 4) is 0 Å². The molecule has 1 unspecified atom stereocenters. The Labute approximate surface area is 105 Å². The molecule has 0 spiro atoms. The Kier molecular flexibility index (Phi) is 4.65. The lowest BCUT2D eigenvalue weighted by atomic mass is 10.1. The van der Waals surface area contributed by atoms with E-state index in [9.17, 15) is 9.59 Å². The molecule has 0 saturated carbocycles. The smallest absolute Gasteiger partial charge is 0.326 e. The van der Waals surface area contributed by atoms with Gasteiger partial charge in [0.05, 0.1) is 5.69 Å². The lowest BCUT2D eigenvalue weighted by Gasteiger charge is -2.13. The molecule has 1 aromatic heterocycles. The third-order valence-electron chi connectivity index (χ3n) is 2.50. The topological polar surface area (TPSA) is 84.2 Å². The highest BCUT2D eigenvalue weighted by Crippen LogP contribution is 2.04. The van der Waals surface area contributed by atoms with Gasteiger partial charge in [0, 0.05) is 7.05 Å². The summed E-state index contributed by atoms with van der Waals surface area (Å²) in [7, 11) is 1.64. The van der Waals surface area contributed by atoms with E-state index in [1.165, 1.54) is 4.68 Å². The third-order valence-corrected chi connectivity index (χ3v) is 2.50. The van der Waals surface area contributed by atoms with Gasteiger partial charge in [0.25, 0.3) is 5.91 Å². The molecule has 0 fully saturated rings. The second kappa shape index (κ2) is 6.00. The fourth-order valence-electron chi connectivity index (χ4n) is 1.60. The number of aliphatic carboxylic acids is 1. The lowest BCUT2D eigenvalue weighted by molar-refractivity contribution is -0.139. The molecular formula is C12H17N3O3. The van der Waals surface area contributed by atoms with Crippen molar-refractivity contribution in [2.45, 2.75) is 25.8 Å². The van der Waals surface area contributed by atoms with Crippen LogP contribution in [-0.2, 0) is 11.8 Å². The third kappa shape index (κ3) is 3.44. The second-order valence-corrected chi connectivity index (χ2v) is 4.02.